The molecule has 0 spiro atoms. The van der Waals surface area contributed by atoms with E-state index in [0.717, 1.165) is 16.4 Å². The average molecular weight is 469 g/mol. The van der Waals surface area contributed by atoms with Crippen LogP contribution in [-0.4, -0.2) is 21.9 Å². The van der Waals surface area contributed by atoms with E-state index in [9.17, 15) is 18.0 Å². The van der Waals surface area contributed by atoms with Crippen molar-refractivity contribution >= 4 is 40.6 Å². The molecule has 0 bridgehead atoms. The van der Waals surface area contributed by atoms with Crippen LogP contribution in [0.1, 0.15) is 40.0 Å². The molecule has 1 aromatic heterocycles. The van der Waals surface area contributed by atoms with E-state index in [4.69, 9.17) is 23.2 Å². The molecule has 2 N–H and O–H groups in total. The third-order valence-corrected chi connectivity index (χ3v) is 5.88. The molecule has 1 aliphatic heterocycles. The smallest absolute Gasteiger partial charge is 0.363 e. The molecule has 1 amide bonds. The molecule has 2 aromatic carbocycles. The normalized spacial score (nSPS) is 18.3. The maximum Gasteiger partial charge on any atom is 0.410 e. The molecule has 10 heteroatoms. The van der Waals surface area contributed by atoms with Gasteiger partial charge in [0, 0.05) is 12.1 Å². The fraction of sp³-hybridized carbons (Fsp3) is 0.238. The highest BCUT2D eigenvalue weighted by molar-refractivity contribution is 6.42. The Bertz CT molecular complexity index is 1130. The molecule has 0 radical (unpaired) electrons. The summed E-state index contributed by atoms with van der Waals surface area (Å²) in [5, 5.41) is 10.1. The van der Waals surface area contributed by atoms with Gasteiger partial charge in [0.2, 0.25) is 0 Å². The lowest BCUT2D eigenvalue weighted by molar-refractivity contribution is -0.173. The number of alkyl halides is 3. The van der Waals surface area contributed by atoms with Crippen LogP contribution < -0.4 is 10.6 Å². The van der Waals surface area contributed by atoms with Crippen LogP contribution in [0.3, 0.4) is 0 Å². The SMILES string of the molecule is Cc1ccc([C@@H]2C[C@@H](C(F)(F)F)n3ncc(C(=O)Nc4ccc(Cl)c(Cl)c4)c3N2)cc1. The van der Waals surface area contributed by atoms with E-state index < -0.39 is 24.2 Å². The van der Waals surface area contributed by atoms with E-state index in [1.807, 2.05) is 19.1 Å². The van der Waals surface area contributed by atoms with E-state index in [1.165, 1.54) is 12.1 Å². The van der Waals surface area contributed by atoms with Crippen molar-refractivity contribution in [1.82, 2.24) is 9.78 Å². The number of hydrogen-bond acceptors (Lipinski definition) is 3. The summed E-state index contributed by atoms with van der Waals surface area (Å²) in [6.45, 7) is 1.90. The van der Waals surface area contributed by atoms with Crippen molar-refractivity contribution in [2.75, 3.05) is 10.6 Å². The highest BCUT2D eigenvalue weighted by atomic mass is 35.5. The van der Waals surface area contributed by atoms with Gasteiger partial charge in [0.15, 0.2) is 6.04 Å². The predicted octanol–water partition coefficient (Wildman–Crippen LogP) is 6.41. The van der Waals surface area contributed by atoms with Crippen LogP contribution in [0.4, 0.5) is 24.7 Å². The fourth-order valence-corrected chi connectivity index (χ4v) is 3.82. The van der Waals surface area contributed by atoms with Gasteiger partial charge in [0.25, 0.3) is 5.91 Å². The number of nitrogens with one attached hydrogen (secondary N) is 2. The van der Waals surface area contributed by atoms with E-state index in [0.29, 0.717) is 16.3 Å². The largest absolute Gasteiger partial charge is 0.410 e. The minimum absolute atomic E-state index is 0.00265. The summed E-state index contributed by atoms with van der Waals surface area (Å²) in [6, 6.07) is 9.26. The number of aryl methyl sites for hydroxylation is 1. The fourth-order valence-electron chi connectivity index (χ4n) is 3.52. The van der Waals surface area contributed by atoms with Gasteiger partial charge in [-0.25, -0.2) is 4.68 Å². The number of nitrogens with zero attached hydrogens (tertiary/aromatic N) is 2. The predicted molar refractivity (Wildman–Crippen MR) is 114 cm³/mol. The lowest BCUT2D eigenvalue weighted by Crippen LogP contribution is -2.36. The van der Waals surface area contributed by atoms with Crippen molar-refractivity contribution < 1.29 is 18.0 Å². The molecule has 3 aromatic rings. The first-order chi connectivity index (χ1) is 14.6. The van der Waals surface area contributed by atoms with Gasteiger partial charge in [-0.1, -0.05) is 53.0 Å². The molecule has 5 nitrogen and oxygen atoms in total. The number of amides is 1. The molecule has 0 unspecified atom stereocenters. The van der Waals surface area contributed by atoms with E-state index in [-0.39, 0.29) is 22.8 Å². The van der Waals surface area contributed by atoms with Crippen LogP contribution >= 0.6 is 23.2 Å². The van der Waals surface area contributed by atoms with Gasteiger partial charge in [-0.05, 0) is 30.7 Å². The molecule has 1 aliphatic rings. The second-order valence-electron chi connectivity index (χ2n) is 7.34. The summed E-state index contributed by atoms with van der Waals surface area (Å²) < 4.78 is 42.2. The van der Waals surface area contributed by atoms with Crippen molar-refractivity contribution in [1.29, 1.82) is 0 Å². The summed E-state index contributed by atoms with van der Waals surface area (Å²) in [4.78, 5) is 12.8. The second-order valence-corrected chi connectivity index (χ2v) is 8.15. The third-order valence-electron chi connectivity index (χ3n) is 5.14. The number of carbonyl (C=O) groups is 1. The van der Waals surface area contributed by atoms with Crippen LogP contribution in [0.2, 0.25) is 10.0 Å². The van der Waals surface area contributed by atoms with Crippen molar-refractivity contribution in [3.8, 4) is 0 Å². The van der Waals surface area contributed by atoms with Crippen LogP contribution in [-0.2, 0) is 0 Å². The Labute approximate surface area is 186 Å². The molecule has 31 heavy (non-hydrogen) atoms. The standard InChI is InChI=1S/C21H17Cl2F3N4O/c1-11-2-4-12(5-3-11)17-9-18(21(24,25)26)30-19(29-17)14(10-27-30)20(31)28-13-6-7-15(22)16(23)8-13/h2-8,10,17-18,29H,9H2,1H3,(H,28,31)/t17-,18-/m0/s1. The number of fused-ring (bicyclic) bond motifs is 1. The first kappa shape index (κ1) is 21.5. The molecule has 2 heterocycles. The number of aromatic nitrogens is 2. The molecule has 0 saturated carbocycles. The number of halogens is 5. The Hall–Kier alpha value is -2.71. The summed E-state index contributed by atoms with van der Waals surface area (Å²) >= 11 is 11.8. The maximum atomic E-state index is 13.8. The maximum absolute atomic E-state index is 13.8. The highest BCUT2D eigenvalue weighted by Gasteiger charge is 2.47. The van der Waals surface area contributed by atoms with Gasteiger partial charge >= 0.3 is 6.18 Å². The third kappa shape index (κ3) is 4.36. The zero-order valence-electron chi connectivity index (χ0n) is 16.2. The molecule has 0 saturated heterocycles. The van der Waals surface area contributed by atoms with Gasteiger partial charge in [-0.15, -0.1) is 0 Å². The van der Waals surface area contributed by atoms with Gasteiger partial charge in [-0.2, -0.15) is 18.3 Å². The number of carbonyl (C=O) groups excluding carboxylic acids is 1. The second kappa shape index (κ2) is 8.09. The van der Waals surface area contributed by atoms with E-state index >= 15 is 0 Å². The Kier molecular flexibility index (Phi) is 5.61. The topological polar surface area (TPSA) is 59.0 Å². The molecule has 0 fully saturated rings. The van der Waals surface area contributed by atoms with Gasteiger partial charge in [0.1, 0.15) is 11.4 Å². The molecular weight excluding hydrogens is 452 g/mol. The van der Waals surface area contributed by atoms with Crippen molar-refractivity contribution in [3.63, 3.8) is 0 Å². The van der Waals surface area contributed by atoms with Crippen molar-refractivity contribution in [3.05, 3.63) is 75.4 Å². The summed E-state index contributed by atoms with van der Waals surface area (Å²) in [7, 11) is 0. The Morgan fingerprint density at radius 1 is 1.16 bits per heavy atom. The Morgan fingerprint density at radius 2 is 1.87 bits per heavy atom. The Balaban J connectivity index is 1.68. The first-order valence-electron chi connectivity index (χ1n) is 9.37. The summed E-state index contributed by atoms with van der Waals surface area (Å²) in [6.07, 6.45) is -3.64. The monoisotopic (exact) mass is 468 g/mol. The lowest BCUT2D eigenvalue weighted by Gasteiger charge is -2.34. The molecule has 4 rings (SSSR count). The van der Waals surface area contributed by atoms with Gasteiger partial charge in [-0.3, -0.25) is 4.79 Å². The molecular formula is C21H17Cl2F3N4O. The quantitative estimate of drug-likeness (QED) is 0.466. The van der Waals surface area contributed by atoms with Crippen LogP contribution in [0.25, 0.3) is 0 Å². The van der Waals surface area contributed by atoms with Crippen LogP contribution in [0, 0.1) is 6.92 Å². The lowest BCUT2D eigenvalue weighted by atomic mass is 9.96. The molecule has 162 valence electrons. The van der Waals surface area contributed by atoms with Crippen LogP contribution in [0.5, 0.6) is 0 Å². The summed E-state index contributed by atoms with van der Waals surface area (Å²) in [5.74, 6) is -0.602. The van der Waals surface area contributed by atoms with E-state index in [1.54, 1.807) is 18.2 Å². The number of hydrogen-bond donors (Lipinski definition) is 2. The highest BCUT2D eigenvalue weighted by Crippen LogP contribution is 2.44. The zero-order chi connectivity index (χ0) is 22.3. The number of benzene rings is 2. The summed E-state index contributed by atoms with van der Waals surface area (Å²) in [5.41, 5.74) is 2.05. The van der Waals surface area contributed by atoms with Crippen molar-refractivity contribution in [2.24, 2.45) is 0 Å². The zero-order valence-corrected chi connectivity index (χ0v) is 17.7. The number of rotatable bonds is 3. The minimum atomic E-state index is -4.52. The van der Waals surface area contributed by atoms with Gasteiger partial charge in [0.05, 0.1) is 22.3 Å². The average Bonchev–Trinajstić information content (AvgIpc) is 3.14. The molecule has 2 atom stereocenters. The molecule has 0 aliphatic carbocycles. The number of anilines is 2. The van der Waals surface area contributed by atoms with Crippen molar-refractivity contribution in [2.45, 2.75) is 31.6 Å². The van der Waals surface area contributed by atoms with E-state index in [2.05, 4.69) is 15.7 Å². The Morgan fingerprint density at radius 3 is 2.52 bits per heavy atom. The minimum Gasteiger partial charge on any atom is -0.363 e. The first-order valence-corrected chi connectivity index (χ1v) is 10.1. The van der Waals surface area contributed by atoms with Gasteiger partial charge < -0.3 is 10.6 Å². The van der Waals surface area contributed by atoms with Crippen LogP contribution in [0.15, 0.2) is 48.7 Å².